The molecule has 3 rings (SSSR count). The van der Waals surface area contributed by atoms with Crippen molar-refractivity contribution in [1.82, 2.24) is 20.2 Å². The second-order valence-corrected chi connectivity index (χ2v) is 6.21. The molecule has 1 aromatic heterocycles. The Morgan fingerprint density at radius 1 is 1.07 bits per heavy atom. The van der Waals surface area contributed by atoms with E-state index in [1.54, 1.807) is 4.90 Å². The number of hydrogen-bond donors (Lipinski definition) is 1. The predicted octanol–water partition coefficient (Wildman–Crippen LogP) is 2.53. The summed E-state index contributed by atoms with van der Waals surface area (Å²) in [7, 11) is 0. The van der Waals surface area contributed by atoms with Crippen molar-refractivity contribution in [1.29, 1.82) is 0 Å². The summed E-state index contributed by atoms with van der Waals surface area (Å²) in [6.45, 7) is 0.816. The zero-order valence-corrected chi connectivity index (χ0v) is 14.2. The highest BCUT2D eigenvalue weighted by Gasteiger charge is 2.31. The molecule has 0 unspecified atom stereocenters. The maximum Gasteiger partial charge on any atom is 0.416 e. The van der Waals surface area contributed by atoms with Crippen molar-refractivity contribution in [3.05, 3.63) is 59.7 Å². The summed E-state index contributed by atoms with van der Waals surface area (Å²) in [5.74, 6) is -0.641. The van der Waals surface area contributed by atoms with Crippen LogP contribution in [0.1, 0.15) is 39.3 Å². The van der Waals surface area contributed by atoms with E-state index in [0.29, 0.717) is 25.9 Å². The molecule has 1 N–H and O–H groups in total. The van der Waals surface area contributed by atoms with Gasteiger partial charge in [-0.25, -0.2) is 4.98 Å². The number of nitrogens with one attached hydrogen (secondary N) is 1. The van der Waals surface area contributed by atoms with Gasteiger partial charge in [0.2, 0.25) is 0 Å². The average Bonchev–Trinajstić information content (AvgIpc) is 2.68. The monoisotopic (exact) mass is 378 g/mol. The zero-order valence-electron chi connectivity index (χ0n) is 14.2. The summed E-state index contributed by atoms with van der Waals surface area (Å²) >= 11 is 0. The Balaban J connectivity index is 1.54. The van der Waals surface area contributed by atoms with Crippen LogP contribution in [0.2, 0.25) is 0 Å². The van der Waals surface area contributed by atoms with Gasteiger partial charge in [0.1, 0.15) is 5.69 Å². The number of aromatic nitrogens is 2. The van der Waals surface area contributed by atoms with Crippen molar-refractivity contribution in [3.8, 4) is 0 Å². The smallest absolute Gasteiger partial charge is 0.348 e. The molecule has 9 heteroatoms. The SMILES string of the molecule is O=C(NC1CCN(C(=O)c2ccc(C(F)(F)F)cc2)CC1)c1cnccn1. The van der Waals surface area contributed by atoms with Gasteiger partial charge in [-0.3, -0.25) is 14.6 Å². The highest BCUT2D eigenvalue weighted by atomic mass is 19.4. The van der Waals surface area contributed by atoms with E-state index in [0.717, 1.165) is 12.1 Å². The number of likely N-dealkylation sites (tertiary alicyclic amines) is 1. The van der Waals surface area contributed by atoms with Gasteiger partial charge in [0.05, 0.1) is 11.8 Å². The molecule has 1 aromatic carbocycles. The fraction of sp³-hybridized carbons (Fsp3) is 0.333. The molecular weight excluding hydrogens is 361 g/mol. The van der Waals surface area contributed by atoms with E-state index in [1.165, 1.54) is 30.7 Å². The van der Waals surface area contributed by atoms with E-state index in [-0.39, 0.29) is 29.1 Å². The van der Waals surface area contributed by atoms with Gasteiger partial charge in [0, 0.05) is 37.1 Å². The van der Waals surface area contributed by atoms with Crippen molar-refractivity contribution >= 4 is 11.8 Å². The van der Waals surface area contributed by atoms with Crippen LogP contribution in [0.4, 0.5) is 13.2 Å². The van der Waals surface area contributed by atoms with E-state index in [1.807, 2.05) is 0 Å². The fourth-order valence-electron chi connectivity index (χ4n) is 2.89. The van der Waals surface area contributed by atoms with Crippen LogP contribution in [-0.4, -0.2) is 45.8 Å². The third-order valence-electron chi connectivity index (χ3n) is 4.37. The molecule has 1 aliphatic rings. The summed E-state index contributed by atoms with van der Waals surface area (Å²) in [4.78, 5) is 33.9. The van der Waals surface area contributed by atoms with E-state index in [4.69, 9.17) is 0 Å². The summed E-state index contributed by atoms with van der Waals surface area (Å²) in [6.07, 6.45) is 0.957. The number of hydrogen-bond acceptors (Lipinski definition) is 4. The van der Waals surface area contributed by atoms with Gasteiger partial charge >= 0.3 is 6.18 Å². The van der Waals surface area contributed by atoms with Gasteiger partial charge in [-0.05, 0) is 37.1 Å². The molecule has 0 bridgehead atoms. The predicted molar refractivity (Wildman–Crippen MR) is 89.9 cm³/mol. The van der Waals surface area contributed by atoms with Gasteiger partial charge in [0.25, 0.3) is 11.8 Å². The van der Waals surface area contributed by atoms with Crippen LogP contribution in [-0.2, 0) is 6.18 Å². The lowest BCUT2D eigenvalue weighted by Crippen LogP contribution is -2.46. The van der Waals surface area contributed by atoms with E-state index in [2.05, 4.69) is 15.3 Å². The first-order valence-corrected chi connectivity index (χ1v) is 8.38. The molecule has 0 spiro atoms. The summed E-state index contributed by atoms with van der Waals surface area (Å²) in [5.41, 5.74) is -0.352. The van der Waals surface area contributed by atoms with Crippen molar-refractivity contribution in [2.45, 2.75) is 25.1 Å². The first-order valence-electron chi connectivity index (χ1n) is 8.38. The molecule has 2 aromatic rings. The van der Waals surface area contributed by atoms with E-state index < -0.39 is 11.7 Å². The van der Waals surface area contributed by atoms with Crippen molar-refractivity contribution in [3.63, 3.8) is 0 Å². The summed E-state index contributed by atoms with van der Waals surface area (Å²) in [5, 5.41) is 2.85. The lowest BCUT2D eigenvalue weighted by atomic mass is 10.0. The highest BCUT2D eigenvalue weighted by Crippen LogP contribution is 2.29. The standard InChI is InChI=1S/C18H17F3N4O2/c19-18(20,21)13-3-1-12(2-4-13)17(27)25-9-5-14(6-10-25)24-16(26)15-11-22-7-8-23-15/h1-4,7-8,11,14H,5-6,9-10H2,(H,24,26). The number of halogens is 3. The lowest BCUT2D eigenvalue weighted by molar-refractivity contribution is -0.137. The first-order chi connectivity index (χ1) is 12.8. The van der Waals surface area contributed by atoms with Gasteiger partial charge < -0.3 is 10.2 Å². The van der Waals surface area contributed by atoms with Crippen LogP contribution in [0, 0.1) is 0 Å². The second-order valence-electron chi connectivity index (χ2n) is 6.21. The highest BCUT2D eigenvalue weighted by molar-refractivity contribution is 5.94. The maximum atomic E-state index is 12.6. The van der Waals surface area contributed by atoms with Crippen LogP contribution >= 0.6 is 0 Å². The quantitative estimate of drug-likeness (QED) is 0.891. The molecule has 1 aliphatic heterocycles. The topological polar surface area (TPSA) is 75.2 Å². The average molecular weight is 378 g/mol. The third kappa shape index (κ3) is 4.60. The summed E-state index contributed by atoms with van der Waals surface area (Å²) in [6, 6.07) is 4.08. The normalized spacial score (nSPS) is 15.4. The molecule has 0 radical (unpaired) electrons. The number of piperidine rings is 1. The van der Waals surface area contributed by atoms with Crippen LogP contribution in [0.15, 0.2) is 42.9 Å². The number of alkyl halides is 3. The minimum absolute atomic E-state index is 0.101. The number of rotatable bonds is 3. The van der Waals surface area contributed by atoms with E-state index >= 15 is 0 Å². The van der Waals surface area contributed by atoms with Gasteiger partial charge in [-0.15, -0.1) is 0 Å². The zero-order chi connectivity index (χ0) is 19.4. The number of amides is 2. The molecule has 6 nitrogen and oxygen atoms in total. The minimum Gasteiger partial charge on any atom is -0.348 e. The molecule has 1 saturated heterocycles. The maximum absolute atomic E-state index is 12.6. The number of carbonyl (C=O) groups excluding carboxylic acids is 2. The second kappa shape index (κ2) is 7.73. The number of nitrogens with zero attached hydrogens (tertiary/aromatic N) is 3. The summed E-state index contributed by atoms with van der Waals surface area (Å²) < 4.78 is 37.8. The van der Waals surface area contributed by atoms with Gasteiger partial charge in [-0.1, -0.05) is 0 Å². The number of benzene rings is 1. The van der Waals surface area contributed by atoms with Crippen molar-refractivity contribution in [2.75, 3.05) is 13.1 Å². The third-order valence-corrected chi connectivity index (χ3v) is 4.37. The van der Waals surface area contributed by atoms with Crippen LogP contribution in [0.3, 0.4) is 0 Å². The Kier molecular flexibility index (Phi) is 5.38. The van der Waals surface area contributed by atoms with E-state index in [9.17, 15) is 22.8 Å². The molecule has 2 heterocycles. The first kappa shape index (κ1) is 18.8. The number of carbonyl (C=O) groups is 2. The largest absolute Gasteiger partial charge is 0.416 e. The van der Waals surface area contributed by atoms with Crippen molar-refractivity contribution in [2.24, 2.45) is 0 Å². The lowest BCUT2D eigenvalue weighted by Gasteiger charge is -2.32. The molecule has 27 heavy (non-hydrogen) atoms. The molecule has 0 atom stereocenters. The van der Waals surface area contributed by atoms with Gasteiger partial charge in [-0.2, -0.15) is 13.2 Å². The molecule has 2 amide bonds. The Morgan fingerprint density at radius 2 is 1.74 bits per heavy atom. The van der Waals surface area contributed by atoms with Crippen LogP contribution in [0.5, 0.6) is 0 Å². The Morgan fingerprint density at radius 3 is 2.30 bits per heavy atom. The molecule has 0 saturated carbocycles. The Labute approximate surface area is 153 Å². The molecular formula is C18H17F3N4O2. The Hall–Kier alpha value is -2.97. The van der Waals surface area contributed by atoms with Crippen LogP contribution in [0.25, 0.3) is 0 Å². The fourth-order valence-corrected chi connectivity index (χ4v) is 2.89. The molecule has 0 aliphatic carbocycles. The Bertz CT molecular complexity index is 802. The van der Waals surface area contributed by atoms with Gasteiger partial charge in [0.15, 0.2) is 0 Å². The van der Waals surface area contributed by atoms with Crippen molar-refractivity contribution < 1.29 is 22.8 Å². The molecule has 1 fully saturated rings. The van der Waals surface area contributed by atoms with Crippen LogP contribution < -0.4 is 5.32 Å². The molecule has 142 valence electrons. The minimum atomic E-state index is -4.43.